The maximum absolute atomic E-state index is 13.0. The highest BCUT2D eigenvalue weighted by Gasteiger charge is 2.01. The largest absolute Gasteiger partial charge is 0.383 e. The van der Waals surface area contributed by atoms with Gasteiger partial charge < -0.3 is 11.1 Å². The predicted octanol–water partition coefficient (Wildman–Crippen LogP) is 2.12. The van der Waals surface area contributed by atoms with Gasteiger partial charge in [0, 0.05) is 6.54 Å². The summed E-state index contributed by atoms with van der Waals surface area (Å²) in [5, 5.41) is 2.82. The first-order valence-electron chi connectivity index (χ1n) is 4.63. The van der Waals surface area contributed by atoms with Crippen LogP contribution in [0.3, 0.4) is 0 Å². The molecule has 3 N–H and O–H groups in total. The molecule has 0 fully saturated rings. The van der Waals surface area contributed by atoms with Gasteiger partial charge in [0.25, 0.3) is 0 Å². The molecule has 0 aliphatic heterocycles. The molecule has 1 aromatic carbocycles. The molecule has 0 spiro atoms. The van der Waals surface area contributed by atoms with Crippen molar-refractivity contribution in [3.05, 3.63) is 29.8 Å². The molecule has 0 saturated carbocycles. The molecule has 0 unspecified atom stereocenters. The van der Waals surface area contributed by atoms with Gasteiger partial charge in [0.15, 0.2) is 0 Å². The van der Waals surface area contributed by atoms with E-state index in [4.69, 9.17) is 5.73 Å². The third-order valence-electron chi connectivity index (χ3n) is 1.87. The first kappa shape index (κ1) is 10.9. The van der Waals surface area contributed by atoms with Gasteiger partial charge >= 0.3 is 0 Å². The van der Waals surface area contributed by atoms with Gasteiger partial charge in [0.2, 0.25) is 0 Å². The third-order valence-corrected chi connectivity index (χ3v) is 1.87. The average molecular weight is 200 g/mol. The lowest BCUT2D eigenvalue weighted by Crippen LogP contribution is -2.06. The topological polar surface area (TPSA) is 38.0 Å². The van der Waals surface area contributed by atoms with E-state index in [2.05, 4.69) is 5.32 Å². The summed E-state index contributed by atoms with van der Waals surface area (Å²) in [6.07, 6.45) is 1.73. The van der Waals surface area contributed by atoms with E-state index in [1.807, 2.05) is 0 Å². The molecule has 0 bridgehead atoms. The number of nitrogens with two attached hydrogens (primary N) is 1. The van der Waals surface area contributed by atoms with E-state index in [0.29, 0.717) is 13.1 Å². The monoisotopic (exact) mass is 200 g/mol. The van der Waals surface area contributed by atoms with Gasteiger partial charge in [-0.15, -0.1) is 0 Å². The molecule has 2 nitrogen and oxygen atoms in total. The molecule has 0 aliphatic carbocycles. The molecule has 0 heterocycles. The van der Waals surface area contributed by atoms with E-state index >= 15 is 0 Å². The summed E-state index contributed by atoms with van der Waals surface area (Å²) in [5.74, 6) is -0.869. The van der Waals surface area contributed by atoms with Crippen molar-refractivity contribution in [3.63, 3.8) is 0 Å². The number of hydrogen-bond donors (Lipinski definition) is 2. The number of nitrogens with one attached hydrogen (secondary N) is 1. The Hall–Kier alpha value is -1.16. The smallest absolute Gasteiger partial charge is 0.146 e. The summed E-state index contributed by atoms with van der Waals surface area (Å²) < 4.78 is 25.7. The van der Waals surface area contributed by atoms with Crippen LogP contribution in [0.1, 0.15) is 12.8 Å². The van der Waals surface area contributed by atoms with Crippen molar-refractivity contribution in [3.8, 4) is 0 Å². The normalized spacial score (nSPS) is 10.2. The minimum atomic E-state index is -0.437. The number of rotatable bonds is 5. The van der Waals surface area contributed by atoms with Gasteiger partial charge in [0.05, 0.1) is 5.69 Å². The Morgan fingerprint density at radius 1 is 1.21 bits per heavy atom. The van der Waals surface area contributed by atoms with Gasteiger partial charge in [0.1, 0.15) is 11.6 Å². The Labute approximate surface area is 82.1 Å². The zero-order valence-corrected chi connectivity index (χ0v) is 7.89. The Bertz CT molecular complexity index is 289. The Kier molecular flexibility index (Phi) is 4.32. The lowest BCUT2D eigenvalue weighted by molar-refractivity contribution is 0.601. The second-order valence-corrected chi connectivity index (χ2v) is 3.05. The molecule has 0 aromatic heterocycles. The average Bonchev–Trinajstić information content (AvgIpc) is 2.18. The second-order valence-electron chi connectivity index (χ2n) is 3.05. The Balaban J connectivity index is 2.45. The van der Waals surface area contributed by atoms with Crippen LogP contribution in [-0.2, 0) is 0 Å². The number of unbranched alkanes of at least 4 members (excludes halogenated alkanes) is 1. The second kappa shape index (κ2) is 5.54. The zero-order chi connectivity index (χ0) is 10.4. The number of anilines is 1. The summed E-state index contributed by atoms with van der Waals surface area (Å²) in [5.41, 5.74) is 5.51. The van der Waals surface area contributed by atoms with Crippen LogP contribution in [-0.4, -0.2) is 13.1 Å². The van der Waals surface area contributed by atoms with Gasteiger partial charge in [-0.2, -0.15) is 0 Å². The van der Waals surface area contributed by atoms with Crippen molar-refractivity contribution >= 4 is 5.69 Å². The van der Waals surface area contributed by atoms with Crippen molar-refractivity contribution in [1.82, 2.24) is 0 Å². The molecule has 0 radical (unpaired) electrons. The van der Waals surface area contributed by atoms with Crippen molar-refractivity contribution in [2.75, 3.05) is 18.4 Å². The molecule has 4 heteroatoms. The number of halogens is 2. The van der Waals surface area contributed by atoms with Crippen LogP contribution >= 0.6 is 0 Å². The van der Waals surface area contributed by atoms with Gasteiger partial charge in [-0.1, -0.05) is 0 Å². The summed E-state index contributed by atoms with van der Waals surface area (Å²) in [6.45, 7) is 1.23. The molecule has 0 amide bonds. The van der Waals surface area contributed by atoms with E-state index in [-0.39, 0.29) is 5.69 Å². The predicted molar refractivity (Wildman–Crippen MR) is 53.1 cm³/mol. The molecule has 78 valence electrons. The minimum Gasteiger partial charge on any atom is -0.383 e. The van der Waals surface area contributed by atoms with Crippen molar-refractivity contribution in [2.45, 2.75) is 12.8 Å². The van der Waals surface area contributed by atoms with E-state index in [0.717, 1.165) is 31.0 Å². The maximum Gasteiger partial charge on any atom is 0.146 e. The molecular formula is C10H14F2N2. The number of benzene rings is 1. The highest BCUT2D eigenvalue weighted by molar-refractivity contribution is 5.44. The lowest BCUT2D eigenvalue weighted by atomic mass is 10.2. The van der Waals surface area contributed by atoms with Crippen LogP contribution in [0, 0.1) is 11.6 Å². The molecule has 14 heavy (non-hydrogen) atoms. The van der Waals surface area contributed by atoms with E-state index in [1.54, 1.807) is 0 Å². The van der Waals surface area contributed by atoms with Crippen LogP contribution in [0.25, 0.3) is 0 Å². The summed E-state index contributed by atoms with van der Waals surface area (Å²) in [7, 11) is 0. The van der Waals surface area contributed by atoms with Crippen molar-refractivity contribution in [1.29, 1.82) is 0 Å². The molecule has 1 aromatic rings. The lowest BCUT2D eigenvalue weighted by Gasteiger charge is -2.06. The van der Waals surface area contributed by atoms with Gasteiger partial charge in [-0.05, 0) is 37.6 Å². The minimum absolute atomic E-state index is 0.210. The molecule has 0 aliphatic rings. The van der Waals surface area contributed by atoms with Crippen LogP contribution < -0.4 is 11.1 Å². The van der Waals surface area contributed by atoms with E-state index in [1.165, 1.54) is 0 Å². The highest BCUT2D eigenvalue weighted by Crippen LogP contribution is 2.14. The van der Waals surface area contributed by atoms with Gasteiger partial charge in [-0.25, -0.2) is 8.78 Å². The molecule has 0 atom stereocenters. The van der Waals surface area contributed by atoms with Crippen LogP contribution in [0.4, 0.5) is 14.5 Å². The van der Waals surface area contributed by atoms with E-state index < -0.39 is 11.6 Å². The number of hydrogen-bond acceptors (Lipinski definition) is 2. The fourth-order valence-electron chi connectivity index (χ4n) is 1.13. The fourth-order valence-corrected chi connectivity index (χ4v) is 1.13. The third kappa shape index (κ3) is 3.30. The zero-order valence-electron chi connectivity index (χ0n) is 7.89. The maximum atomic E-state index is 13.0. The first-order valence-corrected chi connectivity index (χ1v) is 4.63. The van der Waals surface area contributed by atoms with Crippen LogP contribution in [0.15, 0.2) is 18.2 Å². The standard InChI is InChI=1S/C10H14F2N2/c11-8-3-4-9(12)10(7-8)14-6-2-1-5-13/h3-4,7,14H,1-2,5-6,13H2. The van der Waals surface area contributed by atoms with Crippen LogP contribution in [0.2, 0.25) is 0 Å². The van der Waals surface area contributed by atoms with Crippen LogP contribution in [0.5, 0.6) is 0 Å². The molecular weight excluding hydrogens is 186 g/mol. The Morgan fingerprint density at radius 3 is 2.71 bits per heavy atom. The molecule has 1 rings (SSSR count). The SMILES string of the molecule is NCCCCNc1cc(F)ccc1F. The fraction of sp³-hybridized carbons (Fsp3) is 0.400. The quantitative estimate of drug-likeness (QED) is 0.714. The first-order chi connectivity index (χ1) is 6.74. The summed E-state index contributed by atoms with van der Waals surface area (Å²) >= 11 is 0. The van der Waals surface area contributed by atoms with E-state index in [9.17, 15) is 8.78 Å². The highest BCUT2D eigenvalue weighted by atomic mass is 19.1. The van der Waals surface area contributed by atoms with Crippen molar-refractivity contribution in [2.24, 2.45) is 5.73 Å². The summed E-state index contributed by atoms with van der Waals surface area (Å²) in [4.78, 5) is 0. The Morgan fingerprint density at radius 2 is 2.00 bits per heavy atom. The van der Waals surface area contributed by atoms with Gasteiger partial charge in [-0.3, -0.25) is 0 Å². The molecule has 0 saturated heterocycles. The summed E-state index contributed by atoms with van der Waals surface area (Å²) in [6, 6.07) is 3.36. The van der Waals surface area contributed by atoms with Crippen molar-refractivity contribution < 1.29 is 8.78 Å².